The van der Waals surface area contributed by atoms with Crippen LogP contribution in [-0.4, -0.2) is 24.8 Å². The number of fused-ring (bicyclic) bond motifs is 2. The van der Waals surface area contributed by atoms with E-state index in [1.165, 1.54) is 16.9 Å². The van der Waals surface area contributed by atoms with Gasteiger partial charge in [-0.25, -0.2) is 5.43 Å². The van der Waals surface area contributed by atoms with Crippen molar-refractivity contribution in [3.05, 3.63) is 45.1 Å². The molecule has 0 saturated heterocycles. The summed E-state index contributed by atoms with van der Waals surface area (Å²) < 4.78 is 11.1. The lowest BCUT2D eigenvalue weighted by molar-refractivity contribution is 0.0959. The Hall–Kier alpha value is -2.34. The summed E-state index contributed by atoms with van der Waals surface area (Å²) in [5, 5.41) is 4.23. The molecule has 0 saturated carbocycles. The van der Waals surface area contributed by atoms with Crippen LogP contribution in [0.1, 0.15) is 39.0 Å². The minimum atomic E-state index is -0.147. The minimum Gasteiger partial charge on any atom is -0.486 e. The summed E-state index contributed by atoms with van der Waals surface area (Å²) in [6.45, 7) is 2.98. The SMILES string of the molecule is C/C(=N/NC(=O)c1cc2c(s1)CCC2)c1ccc2c(c1)OCCO2. The Morgan fingerprint density at radius 2 is 2.00 bits per heavy atom. The van der Waals surface area contributed by atoms with E-state index in [9.17, 15) is 4.79 Å². The van der Waals surface area contributed by atoms with Gasteiger partial charge in [0.05, 0.1) is 10.6 Å². The molecular weight excluding hydrogens is 324 g/mol. The van der Waals surface area contributed by atoms with E-state index in [0.29, 0.717) is 19.0 Å². The van der Waals surface area contributed by atoms with Crippen LogP contribution in [-0.2, 0) is 12.8 Å². The Morgan fingerprint density at radius 3 is 2.83 bits per heavy atom. The summed E-state index contributed by atoms with van der Waals surface area (Å²) in [4.78, 5) is 14.3. The van der Waals surface area contributed by atoms with Crippen LogP contribution >= 0.6 is 11.3 Å². The Bertz CT molecular complexity index is 804. The first kappa shape index (κ1) is 15.2. The number of aryl methyl sites for hydroxylation is 2. The van der Waals surface area contributed by atoms with Crippen molar-refractivity contribution in [2.45, 2.75) is 26.2 Å². The highest BCUT2D eigenvalue weighted by atomic mass is 32.1. The van der Waals surface area contributed by atoms with Gasteiger partial charge in [-0.05, 0) is 56.0 Å². The van der Waals surface area contributed by atoms with E-state index in [1.807, 2.05) is 31.2 Å². The van der Waals surface area contributed by atoms with Crippen molar-refractivity contribution in [1.29, 1.82) is 0 Å². The van der Waals surface area contributed by atoms with Crippen molar-refractivity contribution in [2.24, 2.45) is 5.10 Å². The fraction of sp³-hybridized carbons (Fsp3) is 0.333. The number of carbonyl (C=O) groups excluding carboxylic acids is 1. The first-order chi connectivity index (χ1) is 11.7. The molecule has 0 bridgehead atoms. The maximum Gasteiger partial charge on any atom is 0.281 e. The molecule has 5 nitrogen and oxygen atoms in total. The fourth-order valence-corrected chi connectivity index (χ4v) is 4.11. The molecule has 1 aliphatic heterocycles. The van der Waals surface area contributed by atoms with E-state index in [2.05, 4.69) is 10.5 Å². The number of rotatable bonds is 3. The van der Waals surface area contributed by atoms with Gasteiger partial charge in [-0.3, -0.25) is 4.79 Å². The predicted molar refractivity (Wildman–Crippen MR) is 93.5 cm³/mol. The van der Waals surface area contributed by atoms with E-state index in [1.54, 1.807) is 11.3 Å². The van der Waals surface area contributed by atoms with Gasteiger partial charge in [0.25, 0.3) is 5.91 Å². The van der Waals surface area contributed by atoms with E-state index in [0.717, 1.165) is 34.7 Å². The van der Waals surface area contributed by atoms with Gasteiger partial charge in [0.15, 0.2) is 11.5 Å². The second-order valence-electron chi connectivity index (χ2n) is 5.91. The lowest BCUT2D eigenvalue weighted by atomic mass is 10.1. The first-order valence-corrected chi connectivity index (χ1v) is 8.88. The molecule has 6 heteroatoms. The lowest BCUT2D eigenvalue weighted by Gasteiger charge is -2.18. The van der Waals surface area contributed by atoms with Crippen LogP contribution in [0.3, 0.4) is 0 Å². The van der Waals surface area contributed by atoms with Gasteiger partial charge in [-0.1, -0.05) is 0 Å². The summed E-state index contributed by atoms with van der Waals surface area (Å²) >= 11 is 1.58. The maximum atomic E-state index is 12.3. The summed E-state index contributed by atoms with van der Waals surface area (Å²) in [7, 11) is 0. The summed E-state index contributed by atoms with van der Waals surface area (Å²) in [6, 6.07) is 7.67. The van der Waals surface area contributed by atoms with E-state index < -0.39 is 0 Å². The highest BCUT2D eigenvalue weighted by Crippen LogP contribution is 2.31. The number of hydrazone groups is 1. The van der Waals surface area contributed by atoms with Crippen molar-refractivity contribution in [2.75, 3.05) is 13.2 Å². The second-order valence-corrected chi connectivity index (χ2v) is 7.05. The first-order valence-electron chi connectivity index (χ1n) is 8.07. The number of benzene rings is 1. The number of thiophene rings is 1. The fourth-order valence-electron chi connectivity index (χ4n) is 2.96. The van der Waals surface area contributed by atoms with Gasteiger partial charge in [0, 0.05) is 10.4 Å². The normalized spacial score (nSPS) is 16.0. The summed E-state index contributed by atoms with van der Waals surface area (Å²) in [6.07, 6.45) is 3.37. The third-order valence-electron chi connectivity index (χ3n) is 4.26. The van der Waals surface area contributed by atoms with E-state index in [4.69, 9.17) is 9.47 Å². The molecule has 1 amide bonds. The van der Waals surface area contributed by atoms with Crippen molar-refractivity contribution in [3.63, 3.8) is 0 Å². The quantitative estimate of drug-likeness (QED) is 0.688. The Balaban J connectivity index is 1.47. The molecule has 1 N–H and O–H groups in total. The molecule has 0 radical (unpaired) electrons. The average molecular weight is 342 g/mol. The molecular formula is C18H18N2O3S. The number of hydrogen-bond donors (Lipinski definition) is 1. The lowest BCUT2D eigenvalue weighted by Crippen LogP contribution is -2.19. The molecule has 0 fully saturated rings. The number of hydrogen-bond acceptors (Lipinski definition) is 5. The van der Waals surface area contributed by atoms with E-state index in [-0.39, 0.29) is 5.91 Å². The molecule has 2 aliphatic rings. The van der Waals surface area contributed by atoms with Crippen LogP contribution in [0.5, 0.6) is 11.5 Å². The van der Waals surface area contributed by atoms with Gasteiger partial charge in [0.1, 0.15) is 13.2 Å². The third-order valence-corrected chi connectivity index (χ3v) is 5.49. The number of nitrogens with zero attached hydrogens (tertiary/aromatic N) is 1. The molecule has 0 unspecified atom stereocenters. The monoisotopic (exact) mass is 342 g/mol. The average Bonchev–Trinajstić information content (AvgIpc) is 3.21. The van der Waals surface area contributed by atoms with E-state index >= 15 is 0 Å². The molecule has 2 aromatic rings. The zero-order valence-electron chi connectivity index (χ0n) is 13.4. The molecule has 1 aliphatic carbocycles. The molecule has 2 heterocycles. The molecule has 24 heavy (non-hydrogen) atoms. The van der Waals surface area contributed by atoms with Gasteiger partial charge in [0.2, 0.25) is 0 Å². The highest BCUT2D eigenvalue weighted by Gasteiger charge is 2.18. The van der Waals surface area contributed by atoms with Crippen molar-refractivity contribution in [1.82, 2.24) is 5.43 Å². The van der Waals surface area contributed by atoms with Gasteiger partial charge in [-0.15, -0.1) is 11.3 Å². The van der Waals surface area contributed by atoms with Gasteiger partial charge >= 0.3 is 0 Å². The molecule has 0 atom stereocenters. The number of amides is 1. The minimum absolute atomic E-state index is 0.147. The summed E-state index contributed by atoms with van der Waals surface area (Å²) in [5.41, 5.74) is 5.59. The molecule has 1 aromatic carbocycles. The second kappa shape index (κ2) is 6.28. The van der Waals surface area contributed by atoms with Crippen LogP contribution in [0.4, 0.5) is 0 Å². The van der Waals surface area contributed by atoms with Crippen LogP contribution in [0.25, 0.3) is 0 Å². The van der Waals surface area contributed by atoms with Crippen molar-refractivity contribution < 1.29 is 14.3 Å². The number of carbonyl (C=O) groups is 1. The van der Waals surface area contributed by atoms with Crippen LogP contribution in [0, 0.1) is 0 Å². The molecule has 1 aromatic heterocycles. The predicted octanol–water partition coefficient (Wildman–Crippen LogP) is 3.16. The standard InChI is InChI=1S/C18H18N2O3S/c1-11(12-5-6-14-15(9-12)23-8-7-22-14)19-20-18(21)17-10-13-3-2-4-16(13)24-17/h5-6,9-10H,2-4,7-8H2,1H3,(H,20,21)/b19-11-. The maximum absolute atomic E-state index is 12.3. The van der Waals surface area contributed by atoms with Crippen molar-refractivity contribution in [3.8, 4) is 11.5 Å². The zero-order chi connectivity index (χ0) is 16.5. The Kier molecular flexibility index (Phi) is 3.98. The van der Waals surface area contributed by atoms with Crippen LogP contribution in [0.2, 0.25) is 0 Å². The number of nitrogens with one attached hydrogen (secondary N) is 1. The third kappa shape index (κ3) is 2.89. The zero-order valence-corrected chi connectivity index (χ0v) is 14.2. The van der Waals surface area contributed by atoms with Crippen LogP contribution in [0.15, 0.2) is 29.4 Å². The highest BCUT2D eigenvalue weighted by molar-refractivity contribution is 7.14. The van der Waals surface area contributed by atoms with Gasteiger partial charge in [-0.2, -0.15) is 5.10 Å². The Morgan fingerprint density at radius 1 is 1.17 bits per heavy atom. The molecule has 124 valence electrons. The Labute approximate surface area is 144 Å². The number of ether oxygens (including phenoxy) is 2. The molecule has 4 rings (SSSR count). The van der Waals surface area contributed by atoms with Crippen LogP contribution < -0.4 is 14.9 Å². The van der Waals surface area contributed by atoms with Crippen molar-refractivity contribution >= 4 is 23.0 Å². The molecule has 0 spiro atoms. The largest absolute Gasteiger partial charge is 0.486 e. The topological polar surface area (TPSA) is 59.9 Å². The summed E-state index contributed by atoms with van der Waals surface area (Å²) in [5.74, 6) is 1.32. The van der Waals surface area contributed by atoms with Gasteiger partial charge < -0.3 is 9.47 Å². The smallest absolute Gasteiger partial charge is 0.281 e.